The zero-order chi connectivity index (χ0) is 17.9. The van der Waals surface area contributed by atoms with Crippen molar-refractivity contribution in [2.75, 3.05) is 19.4 Å². The highest BCUT2D eigenvalue weighted by molar-refractivity contribution is 7.98. The van der Waals surface area contributed by atoms with Crippen LogP contribution < -0.4 is 10.2 Å². The number of nitrogens with one attached hydrogen (secondary N) is 2. The predicted molar refractivity (Wildman–Crippen MR) is 111 cm³/mol. The van der Waals surface area contributed by atoms with Gasteiger partial charge in [-0.3, -0.25) is 0 Å². The molecular formula is C23H25N2S+. The normalized spacial score (nSPS) is 15.9. The van der Waals surface area contributed by atoms with Gasteiger partial charge in [0.05, 0.1) is 20.1 Å². The lowest BCUT2D eigenvalue weighted by atomic mass is 9.94. The number of fused-ring (bicyclic) bond motifs is 2. The van der Waals surface area contributed by atoms with E-state index in [1.807, 2.05) is 11.8 Å². The van der Waals surface area contributed by atoms with Crippen LogP contribution in [0.1, 0.15) is 28.3 Å². The Balaban J connectivity index is 1.79. The highest BCUT2D eigenvalue weighted by Gasteiger charge is 2.24. The summed E-state index contributed by atoms with van der Waals surface area (Å²) in [6.07, 6.45) is 0. The number of benzene rings is 3. The molecule has 0 bridgehead atoms. The molecule has 0 radical (unpaired) electrons. The summed E-state index contributed by atoms with van der Waals surface area (Å²) in [5.41, 5.74) is 6.77. The molecule has 132 valence electrons. The van der Waals surface area contributed by atoms with Crippen molar-refractivity contribution >= 4 is 17.4 Å². The van der Waals surface area contributed by atoms with Gasteiger partial charge in [-0.05, 0) is 28.8 Å². The maximum absolute atomic E-state index is 3.88. The molecule has 2 N–H and O–H groups in total. The fourth-order valence-corrected chi connectivity index (χ4v) is 4.73. The molecule has 0 amide bonds. The number of anilines is 1. The molecule has 3 aromatic carbocycles. The monoisotopic (exact) mass is 361 g/mol. The van der Waals surface area contributed by atoms with Gasteiger partial charge in [-0.1, -0.05) is 60.7 Å². The van der Waals surface area contributed by atoms with Gasteiger partial charge < -0.3 is 10.2 Å². The van der Waals surface area contributed by atoms with E-state index < -0.39 is 0 Å². The topological polar surface area (TPSA) is 16.5 Å². The average Bonchev–Trinajstić information content (AvgIpc) is 2.81. The number of hydrogen-bond donors (Lipinski definition) is 2. The van der Waals surface area contributed by atoms with Crippen molar-refractivity contribution in [3.63, 3.8) is 0 Å². The smallest absolute Gasteiger partial charge is 0.104 e. The second-order valence-electron chi connectivity index (χ2n) is 7.14. The standard InChI is InChI=1S/C23H24N2S/c1-25(2)15-17-9-4-7-13-21(17)24-23-19-11-5-3-10-18(19)16-26-22-14-8-6-12-20(22)23/h3-14,23-24H,15-16H2,1-2H3/p+1/t23-/m1/s1. The first-order chi connectivity index (χ1) is 12.7. The number of rotatable bonds is 4. The summed E-state index contributed by atoms with van der Waals surface area (Å²) in [4.78, 5) is 2.80. The molecule has 0 saturated carbocycles. The third kappa shape index (κ3) is 3.50. The molecule has 3 aromatic rings. The molecule has 0 aliphatic carbocycles. The van der Waals surface area contributed by atoms with Crippen molar-refractivity contribution in [2.45, 2.75) is 23.2 Å². The molecule has 3 heteroatoms. The Morgan fingerprint density at radius 3 is 2.42 bits per heavy atom. The van der Waals surface area contributed by atoms with Gasteiger partial charge in [0.15, 0.2) is 0 Å². The summed E-state index contributed by atoms with van der Waals surface area (Å²) >= 11 is 1.94. The van der Waals surface area contributed by atoms with Gasteiger partial charge in [0.25, 0.3) is 0 Å². The second kappa shape index (κ2) is 7.56. The zero-order valence-corrected chi connectivity index (χ0v) is 16.1. The first kappa shape index (κ1) is 17.2. The van der Waals surface area contributed by atoms with Crippen LogP contribution >= 0.6 is 11.8 Å². The average molecular weight is 362 g/mol. The molecule has 1 atom stereocenters. The molecule has 1 aliphatic rings. The third-order valence-corrected chi connectivity index (χ3v) is 5.98. The van der Waals surface area contributed by atoms with E-state index in [4.69, 9.17) is 0 Å². The molecule has 4 rings (SSSR count). The predicted octanol–water partition coefficient (Wildman–Crippen LogP) is 4.14. The first-order valence-corrected chi connectivity index (χ1v) is 10.1. The van der Waals surface area contributed by atoms with Gasteiger partial charge in [0.2, 0.25) is 0 Å². The Hall–Kier alpha value is -2.23. The fraction of sp³-hybridized carbons (Fsp3) is 0.217. The van der Waals surface area contributed by atoms with Crippen LogP contribution in [0.4, 0.5) is 5.69 Å². The SMILES string of the molecule is C[NH+](C)Cc1ccccc1N[C@@H]1c2ccccc2CSc2ccccc21. The second-order valence-corrected chi connectivity index (χ2v) is 8.16. The molecule has 1 aliphatic heterocycles. The number of quaternary nitrogens is 1. The van der Waals surface area contributed by atoms with E-state index in [1.165, 1.54) is 37.7 Å². The maximum atomic E-state index is 3.88. The maximum Gasteiger partial charge on any atom is 0.104 e. The number of hydrogen-bond acceptors (Lipinski definition) is 2. The highest BCUT2D eigenvalue weighted by atomic mass is 32.2. The summed E-state index contributed by atoms with van der Waals surface area (Å²) in [5, 5.41) is 3.88. The Morgan fingerprint density at radius 2 is 1.58 bits per heavy atom. The summed E-state index contributed by atoms with van der Waals surface area (Å²) < 4.78 is 0. The van der Waals surface area contributed by atoms with Crippen LogP contribution in [0.5, 0.6) is 0 Å². The molecule has 0 aromatic heterocycles. The Kier molecular flexibility index (Phi) is 5.00. The minimum atomic E-state index is 0.177. The van der Waals surface area contributed by atoms with E-state index in [1.54, 1.807) is 0 Å². The largest absolute Gasteiger partial charge is 0.374 e. The zero-order valence-electron chi connectivity index (χ0n) is 15.3. The van der Waals surface area contributed by atoms with Gasteiger partial charge in [-0.2, -0.15) is 0 Å². The van der Waals surface area contributed by atoms with E-state index in [9.17, 15) is 0 Å². The van der Waals surface area contributed by atoms with Crippen LogP contribution in [0, 0.1) is 0 Å². The van der Waals surface area contributed by atoms with E-state index in [-0.39, 0.29) is 6.04 Å². The molecule has 0 fully saturated rings. The Labute approximate surface area is 160 Å². The molecular weight excluding hydrogens is 336 g/mol. The van der Waals surface area contributed by atoms with Crippen LogP contribution in [-0.2, 0) is 12.3 Å². The lowest BCUT2D eigenvalue weighted by Gasteiger charge is -2.24. The lowest BCUT2D eigenvalue weighted by Crippen LogP contribution is -3.04. The highest BCUT2D eigenvalue weighted by Crippen LogP contribution is 2.41. The van der Waals surface area contributed by atoms with Crippen molar-refractivity contribution in [1.29, 1.82) is 0 Å². The van der Waals surface area contributed by atoms with Gasteiger partial charge >= 0.3 is 0 Å². The minimum absolute atomic E-state index is 0.177. The number of thioether (sulfide) groups is 1. The van der Waals surface area contributed by atoms with Gasteiger partial charge in [0.1, 0.15) is 6.54 Å². The Morgan fingerprint density at radius 1 is 0.885 bits per heavy atom. The van der Waals surface area contributed by atoms with E-state index >= 15 is 0 Å². The van der Waals surface area contributed by atoms with E-state index in [2.05, 4.69) is 92.2 Å². The van der Waals surface area contributed by atoms with Crippen molar-refractivity contribution in [3.05, 3.63) is 95.1 Å². The van der Waals surface area contributed by atoms with Crippen molar-refractivity contribution < 1.29 is 4.90 Å². The van der Waals surface area contributed by atoms with E-state index in [0.717, 1.165) is 12.3 Å². The quantitative estimate of drug-likeness (QED) is 0.727. The van der Waals surface area contributed by atoms with Gasteiger partial charge in [-0.15, -0.1) is 11.8 Å². The summed E-state index contributed by atoms with van der Waals surface area (Å²) in [5.74, 6) is 1.02. The molecule has 26 heavy (non-hydrogen) atoms. The molecule has 0 saturated heterocycles. The fourth-order valence-electron chi connectivity index (χ4n) is 3.63. The van der Waals surface area contributed by atoms with Crippen molar-refractivity contribution in [3.8, 4) is 0 Å². The Bertz CT molecular complexity index is 856. The van der Waals surface area contributed by atoms with Gasteiger partial charge in [0, 0.05) is 21.9 Å². The lowest BCUT2D eigenvalue weighted by molar-refractivity contribution is -0.872. The van der Waals surface area contributed by atoms with Crippen molar-refractivity contribution in [1.82, 2.24) is 0 Å². The summed E-state index contributed by atoms with van der Waals surface area (Å²) in [6.45, 7) is 1.01. The first-order valence-electron chi connectivity index (χ1n) is 9.15. The van der Waals surface area contributed by atoms with Crippen LogP contribution in [-0.4, -0.2) is 14.1 Å². The van der Waals surface area contributed by atoms with Crippen LogP contribution in [0.25, 0.3) is 0 Å². The number of para-hydroxylation sites is 1. The van der Waals surface area contributed by atoms with Crippen LogP contribution in [0.15, 0.2) is 77.7 Å². The van der Waals surface area contributed by atoms with E-state index in [0.29, 0.717) is 0 Å². The third-order valence-electron chi connectivity index (χ3n) is 4.84. The molecule has 0 unspecified atom stereocenters. The van der Waals surface area contributed by atoms with Crippen LogP contribution in [0.3, 0.4) is 0 Å². The van der Waals surface area contributed by atoms with Crippen molar-refractivity contribution in [2.24, 2.45) is 0 Å². The van der Waals surface area contributed by atoms with Gasteiger partial charge in [-0.25, -0.2) is 0 Å². The minimum Gasteiger partial charge on any atom is -0.374 e. The summed E-state index contributed by atoms with van der Waals surface area (Å²) in [6, 6.07) is 26.5. The summed E-state index contributed by atoms with van der Waals surface area (Å²) in [7, 11) is 4.40. The molecule has 0 spiro atoms. The molecule has 1 heterocycles. The van der Waals surface area contributed by atoms with Crippen LogP contribution in [0.2, 0.25) is 0 Å². The molecule has 2 nitrogen and oxygen atoms in total.